The summed E-state index contributed by atoms with van der Waals surface area (Å²) in [6.07, 6.45) is -0.907. The SMILES string of the molecule is CCNCC(O)CS(=O)(=O)c1ccc(Cl)cc1. The summed E-state index contributed by atoms with van der Waals surface area (Å²) in [6, 6.07) is 5.92. The molecule has 1 unspecified atom stereocenters. The zero-order valence-corrected chi connectivity index (χ0v) is 11.1. The van der Waals surface area contributed by atoms with Crippen LogP contribution < -0.4 is 5.32 Å². The van der Waals surface area contributed by atoms with E-state index in [4.69, 9.17) is 11.6 Å². The van der Waals surface area contributed by atoms with E-state index in [1.807, 2.05) is 6.92 Å². The monoisotopic (exact) mass is 277 g/mol. The zero-order valence-electron chi connectivity index (χ0n) is 9.56. The highest BCUT2D eigenvalue weighted by Gasteiger charge is 2.19. The highest BCUT2D eigenvalue weighted by Crippen LogP contribution is 2.15. The Hall–Kier alpha value is -0.620. The maximum atomic E-state index is 11.9. The van der Waals surface area contributed by atoms with Crippen LogP contribution in [0.2, 0.25) is 5.02 Å². The lowest BCUT2D eigenvalue weighted by Crippen LogP contribution is -2.32. The molecule has 0 aliphatic heterocycles. The summed E-state index contributed by atoms with van der Waals surface area (Å²) in [6.45, 7) is 2.85. The summed E-state index contributed by atoms with van der Waals surface area (Å²) in [5, 5.41) is 12.9. The van der Waals surface area contributed by atoms with Crippen LogP contribution in [0.3, 0.4) is 0 Å². The number of halogens is 1. The number of rotatable bonds is 6. The van der Waals surface area contributed by atoms with Gasteiger partial charge in [-0.15, -0.1) is 0 Å². The van der Waals surface area contributed by atoms with E-state index in [1.54, 1.807) is 0 Å². The highest BCUT2D eigenvalue weighted by molar-refractivity contribution is 7.91. The summed E-state index contributed by atoms with van der Waals surface area (Å²) < 4.78 is 23.8. The molecule has 0 saturated carbocycles. The van der Waals surface area contributed by atoms with Gasteiger partial charge in [-0.05, 0) is 30.8 Å². The average Bonchev–Trinajstić information content (AvgIpc) is 2.26. The number of benzene rings is 1. The Morgan fingerprint density at radius 3 is 2.47 bits per heavy atom. The first kappa shape index (κ1) is 14.4. The van der Waals surface area contributed by atoms with Gasteiger partial charge in [0, 0.05) is 11.6 Å². The number of nitrogens with one attached hydrogen (secondary N) is 1. The predicted molar refractivity (Wildman–Crippen MR) is 68.1 cm³/mol. The zero-order chi connectivity index (χ0) is 12.9. The summed E-state index contributed by atoms with van der Waals surface area (Å²) in [4.78, 5) is 0.178. The van der Waals surface area contributed by atoms with Crippen LogP contribution >= 0.6 is 11.6 Å². The number of aliphatic hydroxyl groups is 1. The molecule has 1 rings (SSSR count). The van der Waals surface area contributed by atoms with Crippen molar-refractivity contribution in [3.8, 4) is 0 Å². The molecule has 4 nitrogen and oxygen atoms in total. The van der Waals surface area contributed by atoms with Gasteiger partial charge in [-0.3, -0.25) is 0 Å². The standard InChI is InChI=1S/C11H16ClNO3S/c1-2-13-7-10(14)8-17(15,16)11-5-3-9(12)4-6-11/h3-6,10,13-14H,2,7-8H2,1H3. The minimum absolute atomic E-state index is 0.178. The molecule has 0 amide bonds. The molecule has 2 N–H and O–H groups in total. The van der Waals surface area contributed by atoms with Crippen molar-refractivity contribution in [3.63, 3.8) is 0 Å². The van der Waals surface area contributed by atoms with Gasteiger partial charge < -0.3 is 10.4 Å². The van der Waals surface area contributed by atoms with Crippen molar-refractivity contribution >= 4 is 21.4 Å². The first-order valence-corrected chi connectivity index (χ1v) is 7.36. The molecule has 0 heterocycles. The number of hydrogen-bond donors (Lipinski definition) is 2. The molecule has 0 bridgehead atoms. The van der Waals surface area contributed by atoms with Gasteiger partial charge in [-0.25, -0.2) is 8.42 Å². The molecule has 0 aliphatic carbocycles. The van der Waals surface area contributed by atoms with Crippen LogP contribution in [0.1, 0.15) is 6.92 Å². The van der Waals surface area contributed by atoms with Crippen molar-refractivity contribution in [2.24, 2.45) is 0 Å². The molecule has 0 aliphatic rings. The minimum Gasteiger partial charge on any atom is -0.391 e. The Labute approximate surface area is 107 Å². The van der Waals surface area contributed by atoms with Crippen LogP contribution in [0.25, 0.3) is 0 Å². The quantitative estimate of drug-likeness (QED) is 0.817. The average molecular weight is 278 g/mol. The Kier molecular flexibility index (Phi) is 5.39. The van der Waals surface area contributed by atoms with Crippen molar-refractivity contribution < 1.29 is 13.5 Å². The lowest BCUT2D eigenvalue weighted by molar-refractivity contribution is 0.194. The third kappa shape index (κ3) is 4.63. The fourth-order valence-corrected chi connectivity index (χ4v) is 2.85. The molecular formula is C11H16ClNO3S. The molecule has 1 aromatic carbocycles. The molecule has 17 heavy (non-hydrogen) atoms. The van der Waals surface area contributed by atoms with E-state index in [-0.39, 0.29) is 17.2 Å². The van der Waals surface area contributed by atoms with Crippen molar-refractivity contribution in [1.29, 1.82) is 0 Å². The number of likely N-dealkylation sites (N-methyl/N-ethyl adjacent to an activating group) is 1. The Morgan fingerprint density at radius 1 is 1.35 bits per heavy atom. The summed E-state index contributed by atoms with van der Waals surface area (Å²) >= 11 is 5.68. The molecular weight excluding hydrogens is 262 g/mol. The molecule has 0 saturated heterocycles. The van der Waals surface area contributed by atoms with Gasteiger partial charge >= 0.3 is 0 Å². The lowest BCUT2D eigenvalue weighted by atomic mass is 10.4. The van der Waals surface area contributed by atoms with Gasteiger partial charge in [0.1, 0.15) is 0 Å². The van der Waals surface area contributed by atoms with Crippen LogP contribution in [0.5, 0.6) is 0 Å². The van der Waals surface area contributed by atoms with Crippen LogP contribution in [0.15, 0.2) is 29.2 Å². The Morgan fingerprint density at radius 2 is 1.94 bits per heavy atom. The van der Waals surface area contributed by atoms with Crippen LogP contribution in [-0.4, -0.2) is 38.5 Å². The van der Waals surface area contributed by atoms with Gasteiger partial charge in [-0.2, -0.15) is 0 Å². The molecule has 0 fully saturated rings. The first-order valence-electron chi connectivity index (χ1n) is 5.33. The normalized spacial score (nSPS) is 13.6. The first-order chi connectivity index (χ1) is 7.95. The molecule has 96 valence electrons. The fourth-order valence-electron chi connectivity index (χ4n) is 1.36. The lowest BCUT2D eigenvalue weighted by Gasteiger charge is -2.11. The second-order valence-corrected chi connectivity index (χ2v) is 6.17. The minimum atomic E-state index is -3.46. The molecule has 0 spiro atoms. The second-order valence-electron chi connectivity index (χ2n) is 3.70. The third-order valence-electron chi connectivity index (χ3n) is 2.21. The largest absolute Gasteiger partial charge is 0.391 e. The number of hydrogen-bond acceptors (Lipinski definition) is 4. The van der Waals surface area contributed by atoms with E-state index in [1.165, 1.54) is 24.3 Å². The maximum absolute atomic E-state index is 11.9. The molecule has 1 atom stereocenters. The van der Waals surface area contributed by atoms with Crippen LogP contribution in [0.4, 0.5) is 0 Å². The van der Waals surface area contributed by atoms with E-state index in [0.717, 1.165) is 0 Å². The van der Waals surface area contributed by atoms with E-state index < -0.39 is 15.9 Å². The van der Waals surface area contributed by atoms with Gasteiger partial charge in [0.05, 0.1) is 16.8 Å². The molecule has 0 aromatic heterocycles. The Balaban J connectivity index is 2.71. The molecule has 1 aromatic rings. The van der Waals surface area contributed by atoms with E-state index in [0.29, 0.717) is 11.6 Å². The van der Waals surface area contributed by atoms with Crippen molar-refractivity contribution in [2.75, 3.05) is 18.8 Å². The molecule has 0 radical (unpaired) electrons. The van der Waals surface area contributed by atoms with E-state index in [9.17, 15) is 13.5 Å². The van der Waals surface area contributed by atoms with Crippen molar-refractivity contribution in [2.45, 2.75) is 17.9 Å². The fraction of sp³-hybridized carbons (Fsp3) is 0.455. The van der Waals surface area contributed by atoms with Crippen LogP contribution in [0, 0.1) is 0 Å². The van der Waals surface area contributed by atoms with Crippen molar-refractivity contribution in [1.82, 2.24) is 5.32 Å². The summed E-state index contributed by atoms with van der Waals surface area (Å²) in [5.41, 5.74) is 0. The van der Waals surface area contributed by atoms with Crippen molar-refractivity contribution in [3.05, 3.63) is 29.3 Å². The number of aliphatic hydroxyl groups excluding tert-OH is 1. The predicted octanol–water partition coefficient (Wildman–Crippen LogP) is 1.08. The van der Waals surface area contributed by atoms with E-state index in [2.05, 4.69) is 5.32 Å². The third-order valence-corrected chi connectivity index (χ3v) is 4.28. The molecule has 6 heteroatoms. The topological polar surface area (TPSA) is 66.4 Å². The van der Waals surface area contributed by atoms with Crippen LogP contribution in [-0.2, 0) is 9.84 Å². The maximum Gasteiger partial charge on any atom is 0.180 e. The highest BCUT2D eigenvalue weighted by atomic mass is 35.5. The Bertz CT molecular complexity index is 444. The van der Waals surface area contributed by atoms with Gasteiger partial charge in [0.15, 0.2) is 9.84 Å². The number of sulfone groups is 1. The summed E-state index contributed by atoms with van der Waals surface area (Å²) in [5.74, 6) is -0.290. The summed E-state index contributed by atoms with van der Waals surface area (Å²) in [7, 11) is -3.46. The smallest absolute Gasteiger partial charge is 0.180 e. The van der Waals surface area contributed by atoms with Gasteiger partial charge in [-0.1, -0.05) is 18.5 Å². The second kappa shape index (κ2) is 6.35. The van der Waals surface area contributed by atoms with E-state index >= 15 is 0 Å². The van der Waals surface area contributed by atoms with Gasteiger partial charge in [0.25, 0.3) is 0 Å². The van der Waals surface area contributed by atoms with Gasteiger partial charge in [0.2, 0.25) is 0 Å².